The van der Waals surface area contributed by atoms with E-state index in [-0.39, 0.29) is 16.4 Å². The number of carbonyl (C=O) groups is 1. The standard InChI is InChI=1S/C13H11ClF3N3O/c1-2-20-11(9(14)7-18-20)12(21)19-10-6-4-3-5-8(10)13(15,16)17/h3-7H,2H2,1H3,(H,19,21). The van der Waals surface area contributed by atoms with E-state index < -0.39 is 17.6 Å². The van der Waals surface area contributed by atoms with Crippen molar-refractivity contribution in [1.82, 2.24) is 9.78 Å². The van der Waals surface area contributed by atoms with Gasteiger partial charge in [0.2, 0.25) is 0 Å². The molecule has 1 N–H and O–H groups in total. The third-order valence-corrected chi connectivity index (χ3v) is 3.07. The van der Waals surface area contributed by atoms with E-state index in [2.05, 4.69) is 10.4 Å². The van der Waals surface area contributed by atoms with E-state index in [0.717, 1.165) is 6.07 Å². The average molecular weight is 318 g/mol. The van der Waals surface area contributed by atoms with Crippen LogP contribution in [0.5, 0.6) is 0 Å². The third-order valence-electron chi connectivity index (χ3n) is 2.79. The third kappa shape index (κ3) is 3.18. The first-order valence-corrected chi connectivity index (χ1v) is 6.41. The molecule has 0 spiro atoms. The number of hydrogen-bond donors (Lipinski definition) is 1. The Morgan fingerprint density at radius 2 is 2.05 bits per heavy atom. The Kier molecular flexibility index (Phi) is 4.22. The highest BCUT2D eigenvalue weighted by atomic mass is 35.5. The fourth-order valence-electron chi connectivity index (χ4n) is 1.85. The smallest absolute Gasteiger partial charge is 0.320 e. The Hall–Kier alpha value is -2.02. The highest BCUT2D eigenvalue weighted by molar-refractivity contribution is 6.34. The Balaban J connectivity index is 2.35. The minimum absolute atomic E-state index is 0.0242. The number of aromatic nitrogens is 2. The monoisotopic (exact) mass is 317 g/mol. The van der Waals surface area contributed by atoms with Crippen LogP contribution in [-0.2, 0) is 12.7 Å². The number of carbonyl (C=O) groups excluding carboxylic acids is 1. The zero-order chi connectivity index (χ0) is 15.6. The number of aryl methyl sites for hydroxylation is 1. The maximum absolute atomic E-state index is 12.9. The number of hydrogen-bond acceptors (Lipinski definition) is 2. The average Bonchev–Trinajstić information content (AvgIpc) is 2.79. The van der Waals surface area contributed by atoms with Crippen LogP contribution >= 0.6 is 11.6 Å². The molecule has 0 aliphatic carbocycles. The molecule has 0 bridgehead atoms. The Labute approximate surface area is 123 Å². The summed E-state index contributed by atoms with van der Waals surface area (Å²) in [7, 11) is 0. The van der Waals surface area contributed by atoms with E-state index in [0.29, 0.717) is 6.54 Å². The molecule has 1 amide bonds. The van der Waals surface area contributed by atoms with Gasteiger partial charge in [-0.05, 0) is 19.1 Å². The normalized spacial score (nSPS) is 11.5. The van der Waals surface area contributed by atoms with Crippen LogP contribution in [0.3, 0.4) is 0 Å². The van der Waals surface area contributed by atoms with E-state index in [9.17, 15) is 18.0 Å². The number of rotatable bonds is 3. The summed E-state index contributed by atoms with van der Waals surface area (Å²) in [6.07, 6.45) is -3.28. The number of amides is 1. The second-order valence-corrected chi connectivity index (χ2v) is 4.56. The molecule has 112 valence electrons. The molecular formula is C13H11ClF3N3O. The van der Waals surface area contributed by atoms with E-state index in [1.807, 2.05) is 0 Å². The number of halogens is 4. The number of anilines is 1. The van der Waals surface area contributed by atoms with Crippen LogP contribution < -0.4 is 5.32 Å². The molecule has 8 heteroatoms. The van der Waals surface area contributed by atoms with E-state index in [4.69, 9.17) is 11.6 Å². The zero-order valence-electron chi connectivity index (χ0n) is 10.9. The lowest BCUT2D eigenvalue weighted by molar-refractivity contribution is -0.136. The molecule has 0 fully saturated rings. The minimum Gasteiger partial charge on any atom is -0.320 e. The second-order valence-electron chi connectivity index (χ2n) is 4.15. The molecule has 0 saturated carbocycles. The van der Waals surface area contributed by atoms with Crippen LogP contribution in [0.25, 0.3) is 0 Å². The van der Waals surface area contributed by atoms with Gasteiger partial charge in [-0.25, -0.2) is 0 Å². The van der Waals surface area contributed by atoms with E-state index in [1.54, 1.807) is 6.92 Å². The highest BCUT2D eigenvalue weighted by Gasteiger charge is 2.34. The Morgan fingerprint density at radius 1 is 1.38 bits per heavy atom. The molecule has 1 aromatic heterocycles. The molecular weight excluding hydrogens is 307 g/mol. The molecule has 1 heterocycles. The first-order valence-electron chi connectivity index (χ1n) is 6.03. The van der Waals surface area contributed by atoms with Crippen molar-refractivity contribution in [3.05, 3.63) is 46.7 Å². The van der Waals surface area contributed by atoms with Crippen molar-refractivity contribution in [3.8, 4) is 0 Å². The van der Waals surface area contributed by atoms with Crippen molar-refractivity contribution >= 4 is 23.2 Å². The molecule has 1 aromatic carbocycles. The number of benzene rings is 1. The fourth-order valence-corrected chi connectivity index (χ4v) is 2.08. The molecule has 0 radical (unpaired) electrons. The predicted octanol–water partition coefficient (Wildman–Crippen LogP) is 3.83. The maximum atomic E-state index is 12.9. The van der Waals surface area contributed by atoms with Crippen molar-refractivity contribution < 1.29 is 18.0 Å². The van der Waals surface area contributed by atoms with Crippen LogP contribution in [-0.4, -0.2) is 15.7 Å². The Bertz CT molecular complexity index is 667. The SMILES string of the molecule is CCn1ncc(Cl)c1C(=O)Nc1ccccc1C(F)(F)F. The van der Waals surface area contributed by atoms with Gasteiger partial charge in [0, 0.05) is 6.54 Å². The summed E-state index contributed by atoms with van der Waals surface area (Å²) in [5.74, 6) is -0.740. The molecule has 2 rings (SSSR count). The lowest BCUT2D eigenvalue weighted by atomic mass is 10.1. The molecule has 21 heavy (non-hydrogen) atoms. The van der Waals surface area contributed by atoms with Gasteiger partial charge in [0.25, 0.3) is 5.91 Å². The van der Waals surface area contributed by atoms with Crippen molar-refractivity contribution in [3.63, 3.8) is 0 Å². The molecule has 4 nitrogen and oxygen atoms in total. The van der Waals surface area contributed by atoms with Crippen molar-refractivity contribution in [1.29, 1.82) is 0 Å². The van der Waals surface area contributed by atoms with Crippen LogP contribution in [0, 0.1) is 0 Å². The van der Waals surface area contributed by atoms with Crippen LogP contribution in [0.15, 0.2) is 30.5 Å². The quantitative estimate of drug-likeness (QED) is 0.935. The largest absolute Gasteiger partial charge is 0.418 e. The lowest BCUT2D eigenvalue weighted by Crippen LogP contribution is -2.20. The molecule has 0 unspecified atom stereocenters. The van der Waals surface area contributed by atoms with Crippen molar-refractivity contribution in [2.24, 2.45) is 0 Å². The fraction of sp³-hybridized carbons (Fsp3) is 0.231. The first-order chi connectivity index (χ1) is 9.84. The van der Waals surface area contributed by atoms with Crippen LogP contribution in [0.2, 0.25) is 5.02 Å². The van der Waals surface area contributed by atoms with Crippen molar-refractivity contribution in [2.45, 2.75) is 19.6 Å². The summed E-state index contributed by atoms with van der Waals surface area (Å²) in [6.45, 7) is 2.11. The summed E-state index contributed by atoms with van der Waals surface area (Å²) >= 11 is 5.85. The zero-order valence-corrected chi connectivity index (χ0v) is 11.7. The van der Waals surface area contributed by atoms with E-state index >= 15 is 0 Å². The van der Waals surface area contributed by atoms with Gasteiger partial charge in [-0.15, -0.1) is 0 Å². The number of nitrogens with one attached hydrogen (secondary N) is 1. The molecule has 0 aliphatic heterocycles. The summed E-state index contributed by atoms with van der Waals surface area (Å²) in [4.78, 5) is 12.1. The molecule has 0 saturated heterocycles. The van der Waals surface area contributed by atoms with Crippen LogP contribution in [0.4, 0.5) is 18.9 Å². The Morgan fingerprint density at radius 3 is 2.67 bits per heavy atom. The summed E-state index contributed by atoms with van der Waals surface area (Å²) in [5, 5.41) is 6.18. The summed E-state index contributed by atoms with van der Waals surface area (Å²) in [5.41, 5.74) is -1.22. The van der Waals surface area contributed by atoms with Crippen LogP contribution in [0.1, 0.15) is 23.0 Å². The number of nitrogens with zero attached hydrogens (tertiary/aromatic N) is 2. The summed E-state index contributed by atoms with van der Waals surface area (Å²) < 4.78 is 39.9. The minimum atomic E-state index is -4.56. The molecule has 0 aliphatic rings. The second kappa shape index (κ2) is 5.77. The number of para-hydroxylation sites is 1. The first kappa shape index (κ1) is 15.4. The van der Waals surface area contributed by atoms with Gasteiger partial charge < -0.3 is 5.32 Å². The van der Waals surface area contributed by atoms with Gasteiger partial charge in [0.1, 0.15) is 5.69 Å². The maximum Gasteiger partial charge on any atom is 0.418 e. The van der Waals surface area contributed by atoms with Gasteiger partial charge in [0.05, 0.1) is 22.5 Å². The summed E-state index contributed by atoms with van der Waals surface area (Å²) in [6, 6.07) is 4.74. The topological polar surface area (TPSA) is 46.9 Å². The predicted molar refractivity (Wildman–Crippen MR) is 72.3 cm³/mol. The number of alkyl halides is 3. The highest BCUT2D eigenvalue weighted by Crippen LogP contribution is 2.34. The molecule has 0 atom stereocenters. The van der Waals surface area contributed by atoms with Gasteiger partial charge >= 0.3 is 6.18 Å². The van der Waals surface area contributed by atoms with Gasteiger partial charge in [-0.2, -0.15) is 18.3 Å². The van der Waals surface area contributed by atoms with Gasteiger partial charge in [-0.3, -0.25) is 9.48 Å². The van der Waals surface area contributed by atoms with Gasteiger partial charge in [-0.1, -0.05) is 23.7 Å². The van der Waals surface area contributed by atoms with E-state index in [1.165, 1.54) is 29.1 Å². The van der Waals surface area contributed by atoms with Gasteiger partial charge in [0.15, 0.2) is 0 Å². The van der Waals surface area contributed by atoms with Crippen molar-refractivity contribution in [2.75, 3.05) is 5.32 Å². The lowest BCUT2D eigenvalue weighted by Gasteiger charge is -2.14. The molecule has 2 aromatic rings.